The third-order valence-electron chi connectivity index (χ3n) is 2.94. The minimum Gasteiger partial charge on any atom is -0.449 e. The number of esters is 1. The van der Waals surface area contributed by atoms with E-state index in [-0.39, 0.29) is 15.5 Å². The maximum Gasteiger partial charge on any atom is 0.338 e. The highest BCUT2D eigenvalue weighted by Gasteiger charge is 2.26. The Labute approximate surface area is 139 Å². The summed E-state index contributed by atoms with van der Waals surface area (Å²) >= 11 is 5.89. The van der Waals surface area contributed by atoms with E-state index in [9.17, 15) is 18.0 Å². The highest BCUT2D eigenvalue weighted by Crippen LogP contribution is 2.25. The van der Waals surface area contributed by atoms with E-state index in [0.717, 1.165) is 6.07 Å². The van der Waals surface area contributed by atoms with E-state index < -0.39 is 28.0 Å². The molecule has 1 rings (SSSR count). The summed E-state index contributed by atoms with van der Waals surface area (Å²) in [6.07, 6.45) is -1.02. The lowest BCUT2D eigenvalue weighted by atomic mass is 10.2. The molecule has 0 saturated heterocycles. The van der Waals surface area contributed by atoms with Crippen LogP contribution in [-0.4, -0.2) is 52.1 Å². The zero-order chi connectivity index (χ0) is 17.8. The molecule has 10 heteroatoms. The fraction of sp³-hybridized carbons (Fsp3) is 0.385. The molecule has 1 N–H and O–H groups in total. The molecular weight excluding hydrogens is 348 g/mol. The first-order chi connectivity index (χ1) is 10.6. The molecule has 0 saturated carbocycles. The first-order valence-corrected chi connectivity index (χ1v) is 8.22. The molecule has 0 bridgehead atoms. The predicted molar refractivity (Wildman–Crippen MR) is 82.4 cm³/mol. The van der Waals surface area contributed by atoms with Crippen LogP contribution in [0.4, 0.5) is 0 Å². The average Bonchev–Trinajstić information content (AvgIpc) is 2.52. The molecule has 1 amide bonds. The van der Waals surface area contributed by atoms with Gasteiger partial charge in [0.1, 0.15) is 4.90 Å². The van der Waals surface area contributed by atoms with Gasteiger partial charge in [-0.05, 0) is 25.1 Å². The molecule has 23 heavy (non-hydrogen) atoms. The number of nitrogens with zero attached hydrogens (tertiary/aromatic N) is 1. The Morgan fingerprint density at radius 1 is 1.35 bits per heavy atom. The molecule has 1 aromatic carbocycles. The van der Waals surface area contributed by atoms with Gasteiger partial charge in [-0.15, -0.1) is 0 Å². The van der Waals surface area contributed by atoms with Crippen molar-refractivity contribution in [2.75, 3.05) is 21.2 Å². The first kappa shape index (κ1) is 19.4. The Bertz CT molecular complexity index is 706. The number of sulfonamides is 1. The van der Waals surface area contributed by atoms with Crippen LogP contribution < -0.4 is 5.32 Å². The minimum atomic E-state index is -4.03. The SMILES string of the molecule is CNC(=O)[C@H](C)OC(=O)c1ccc(Cl)c(S(=O)(=O)N(C)OC)c1. The van der Waals surface area contributed by atoms with Crippen molar-refractivity contribution >= 4 is 33.5 Å². The van der Waals surface area contributed by atoms with Crippen LogP contribution in [0.5, 0.6) is 0 Å². The standard InChI is InChI=1S/C13H17ClN2O6S/c1-8(12(17)15-2)22-13(18)9-5-6-10(14)11(7-9)23(19,20)16(3)21-4/h5-8H,1-4H3,(H,15,17)/t8-/m0/s1. The van der Waals surface area contributed by atoms with Crippen molar-refractivity contribution in [3.05, 3.63) is 28.8 Å². The second-order valence-corrected chi connectivity index (χ2v) is 6.72. The van der Waals surface area contributed by atoms with Gasteiger partial charge in [-0.1, -0.05) is 16.1 Å². The number of amides is 1. The molecule has 0 aliphatic heterocycles. The molecule has 0 aliphatic rings. The van der Waals surface area contributed by atoms with E-state index >= 15 is 0 Å². The third kappa shape index (κ3) is 4.41. The van der Waals surface area contributed by atoms with Crippen LogP contribution in [0.1, 0.15) is 17.3 Å². The highest BCUT2D eigenvalue weighted by atomic mass is 35.5. The second kappa shape index (κ2) is 7.73. The minimum absolute atomic E-state index is 0.0618. The zero-order valence-electron chi connectivity index (χ0n) is 13.0. The number of hydrogen-bond acceptors (Lipinski definition) is 6. The number of nitrogens with one attached hydrogen (secondary N) is 1. The van der Waals surface area contributed by atoms with E-state index in [1.54, 1.807) is 0 Å². The van der Waals surface area contributed by atoms with E-state index in [1.165, 1.54) is 40.3 Å². The number of halogens is 1. The monoisotopic (exact) mass is 364 g/mol. The molecule has 0 aliphatic carbocycles. The summed E-state index contributed by atoms with van der Waals surface area (Å²) in [6.45, 7) is 1.39. The Hall–Kier alpha value is -1.68. The van der Waals surface area contributed by atoms with Crippen molar-refractivity contribution in [1.82, 2.24) is 9.79 Å². The maximum atomic E-state index is 12.2. The van der Waals surface area contributed by atoms with Crippen molar-refractivity contribution in [3.63, 3.8) is 0 Å². The lowest BCUT2D eigenvalue weighted by molar-refractivity contribution is -0.128. The normalized spacial score (nSPS) is 12.8. The van der Waals surface area contributed by atoms with Gasteiger partial charge in [0.2, 0.25) is 0 Å². The number of ether oxygens (including phenoxy) is 1. The molecule has 0 radical (unpaired) electrons. The second-order valence-electron chi connectivity index (χ2n) is 4.40. The Morgan fingerprint density at radius 2 is 1.96 bits per heavy atom. The van der Waals surface area contributed by atoms with Crippen molar-refractivity contribution in [3.8, 4) is 0 Å². The molecule has 0 unspecified atom stereocenters. The average molecular weight is 365 g/mol. The van der Waals surface area contributed by atoms with Crippen molar-refractivity contribution in [2.45, 2.75) is 17.9 Å². The van der Waals surface area contributed by atoms with Gasteiger partial charge >= 0.3 is 5.97 Å². The number of carbonyl (C=O) groups excluding carboxylic acids is 2. The Morgan fingerprint density at radius 3 is 2.48 bits per heavy atom. The lowest BCUT2D eigenvalue weighted by Gasteiger charge is -2.16. The summed E-state index contributed by atoms with van der Waals surface area (Å²) in [5, 5.41) is 2.25. The van der Waals surface area contributed by atoms with Crippen molar-refractivity contribution in [2.24, 2.45) is 0 Å². The molecule has 1 aromatic rings. The number of carbonyl (C=O) groups is 2. The van der Waals surface area contributed by atoms with E-state index in [2.05, 4.69) is 10.2 Å². The van der Waals surface area contributed by atoms with Crippen LogP contribution in [-0.2, 0) is 24.4 Å². The summed E-state index contributed by atoms with van der Waals surface area (Å²) in [5.74, 6) is -1.34. The van der Waals surface area contributed by atoms with Gasteiger partial charge < -0.3 is 10.1 Å². The smallest absolute Gasteiger partial charge is 0.338 e. The zero-order valence-corrected chi connectivity index (χ0v) is 14.6. The molecule has 128 valence electrons. The fourth-order valence-corrected chi connectivity index (χ4v) is 3.02. The van der Waals surface area contributed by atoms with Gasteiger partial charge in [0.25, 0.3) is 15.9 Å². The summed E-state index contributed by atoms with van der Waals surface area (Å²) in [5.41, 5.74) is -0.0618. The van der Waals surface area contributed by atoms with Crippen LogP contribution in [0.3, 0.4) is 0 Å². The molecule has 1 atom stereocenters. The Balaban J connectivity index is 3.15. The number of rotatable bonds is 6. The van der Waals surface area contributed by atoms with Crippen LogP contribution >= 0.6 is 11.6 Å². The van der Waals surface area contributed by atoms with E-state index in [1.807, 2.05) is 0 Å². The Kier molecular flexibility index (Phi) is 6.51. The van der Waals surface area contributed by atoms with E-state index in [4.69, 9.17) is 16.3 Å². The topological polar surface area (TPSA) is 102 Å². The van der Waals surface area contributed by atoms with Crippen molar-refractivity contribution in [1.29, 1.82) is 0 Å². The number of benzene rings is 1. The van der Waals surface area contributed by atoms with Gasteiger partial charge in [0.05, 0.1) is 17.7 Å². The van der Waals surface area contributed by atoms with Gasteiger partial charge in [0, 0.05) is 14.1 Å². The molecule has 8 nitrogen and oxygen atoms in total. The van der Waals surface area contributed by atoms with Crippen LogP contribution in [0, 0.1) is 0 Å². The maximum absolute atomic E-state index is 12.2. The molecule has 0 heterocycles. The third-order valence-corrected chi connectivity index (χ3v) is 5.10. The van der Waals surface area contributed by atoms with Crippen LogP contribution in [0.15, 0.2) is 23.1 Å². The number of likely N-dealkylation sites (N-methyl/N-ethyl adjacent to an activating group) is 1. The molecule has 0 aromatic heterocycles. The van der Waals surface area contributed by atoms with Crippen LogP contribution in [0.2, 0.25) is 5.02 Å². The largest absolute Gasteiger partial charge is 0.449 e. The fourth-order valence-electron chi connectivity index (χ4n) is 1.55. The van der Waals surface area contributed by atoms with Gasteiger partial charge in [0.15, 0.2) is 6.10 Å². The summed E-state index contributed by atoms with van der Waals surface area (Å²) in [7, 11) is -0.270. The van der Waals surface area contributed by atoms with Gasteiger partial charge in [-0.2, -0.15) is 0 Å². The summed E-state index contributed by atoms with van der Waals surface area (Å²) in [4.78, 5) is 27.7. The van der Waals surface area contributed by atoms with Crippen LogP contribution in [0.25, 0.3) is 0 Å². The van der Waals surface area contributed by atoms with E-state index in [0.29, 0.717) is 4.47 Å². The summed E-state index contributed by atoms with van der Waals surface area (Å²) < 4.78 is 30.0. The predicted octanol–water partition coefficient (Wildman–Crippen LogP) is 0.813. The number of hydroxylamine groups is 1. The molecular formula is C13H17ClN2O6S. The van der Waals surface area contributed by atoms with Crippen molar-refractivity contribution < 1.29 is 27.6 Å². The van der Waals surface area contributed by atoms with Gasteiger partial charge in [-0.3, -0.25) is 9.63 Å². The summed E-state index contributed by atoms with van der Waals surface area (Å²) in [6, 6.07) is 3.61. The molecule has 0 spiro atoms. The first-order valence-electron chi connectivity index (χ1n) is 6.40. The lowest BCUT2D eigenvalue weighted by Crippen LogP contribution is -2.33. The quantitative estimate of drug-likeness (QED) is 0.592. The number of hydrogen-bond donors (Lipinski definition) is 1. The highest BCUT2D eigenvalue weighted by molar-refractivity contribution is 7.89. The molecule has 0 fully saturated rings. The van der Waals surface area contributed by atoms with Gasteiger partial charge in [-0.25, -0.2) is 13.2 Å².